The Morgan fingerprint density at radius 1 is 0.344 bits per heavy atom. The molecule has 0 atom stereocenters. The predicted molar refractivity (Wildman–Crippen MR) is 246 cm³/mol. The molecule has 0 fully saturated rings. The Morgan fingerprint density at radius 3 is 1.52 bits per heavy atom. The van der Waals surface area contributed by atoms with E-state index in [0.717, 1.165) is 78.5 Å². The van der Waals surface area contributed by atoms with E-state index >= 15 is 0 Å². The average molecular weight is 785 g/mol. The van der Waals surface area contributed by atoms with E-state index in [2.05, 4.69) is 130 Å². The number of nitrogens with zero attached hydrogens (tertiary/aromatic N) is 7. The van der Waals surface area contributed by atoms with Crippen LogP contribution in [0.25, 0.3) is 89.9 Å². The minimum Gasteiger partial charge on any atom is -0.323 e. The van der Waals surface area contributed by atoms with Crippen molar-refractivity contribution in [3.8, 4) is 68.1 Å². The van der Waals surface area contributed by atoms with Crippen molar-refractivity contribution in [1.82, 2.24) is 34.3 Å². The molecular weight excluding hydrogens is 749 g/mol. The molecule has 0 amide bonds. The van der Waals surface area contributed by atoms with Crippen LogP contribution in [-0.4, -0.2) is 34.3 Å². The Kier molecular flexibility index (Phi) is 8.98. The smallest absolute Gasteiger partial charge is 0.231 e. The summed E-state index contributed by atoms with van der Waals surface area (Å²) in [6.45, 7) is 0. The second-order valence-corrected chi connectivity index (χ2v) is 14.7. The topological polar surface area (TPSA) is 86.3 Å². The normalized spacial score (nSPS) is 11.3. The highest BCUT2D eigenvalue weighted by Gasteiger charge is 2.21. The molecule has 1 N–H and O–H groups in total. The van der Waals surface area contributed by atoms with Crippen LogP contribution in [0, 0.1) is 0 Å². The third kappa shape index (κ3) is 6.68. The van der Waals surface area contributed by atoms with Gasteiger partial charge in [0.1, 0.15) is 0 Å². The van der Waals surface area contributed by atoms with Gasteiger partial charge in [0.25, 0.3) is 0 Å². The number of para-hydroxylation sites is 4. The first kappa shape index (κ1) is 35.7. The zero-order valence-electron chi connectivity index (χ0n) is 32.8. The zero-order chi connectivity index (χ0) is 40.5. The van der Waals surface area contributed by atoms with Gasteiger partial charge in [-0.1, -0.05) is 152 Å². The Balaban J connectivity index is 1.00. The maximum absolute atomic E-state index is 4.90. The van der Waals surface area contributed by atoms with Crippen molar-refractivity contribution in [3.63, 3.8) is 0 Å². The van der Waals surface area contributed by atoms with E-state index in [0.29, 0.717) is 17.6 Å². The molecule has 8 aromatic carbocycles. The van der Waals surface area contributed by atoms with Crippen LogP contribution >= 0.6 is 0 Å². The number of benzene rings is 8. The number of rotatable bonds is 9. The molecular formula is C53H36N8. The highest BCUT2D eigenvalue weighted by molar-refractivity contribution is 6.10. The van der Waals surface area contributed by atoms with Crippen LogP contribution in [0.5, 0.6) is 0 Å². The lowest BCUT2D eigenvalue weighted by molar-refractivity contribution is 1.07. The van der Waals surface area contributed by atoms with Gasteiger partial charge in [-0.25, -0.2) is 4.98 Å². The first-order chi connectivity index (χ1) is 30.2. The lowest BCUT2D eigenvalue weighted by Gasteiger charge is -2.14. The molecule has 3 heterocycles. The molecule has 61 heavy (non-hydrogen) atoms. The van der Waals surface area contributed by atoms with Crippen LogP contribution in [0.15, 0.2) is 212 Å². The molecule has 0 saturated carbocycles. The molecule has 8 heteroatoms. The van der Waals surface area contributed by atoms with Crippen molar-refractivity contribution < 1.29 is 0 Å². The minimum absolute atomic E-state index is 0.452. The zero-order valence-corrected chi connectivity index (χ0v) is 32.8. The molecule has 11 rings (SSSR count). The fraction of sp³-hybridized carbons (Fsp3) is 0. The van der Waals surface area contributed by atoms with Crippen molar-refractivity contribution >= 4 is 33.4 Å². The van der Waals surface area contributed by atoms with Gasteiger partial charge in [0.15, 0.2) is 23.3 Å². The van der Waals surface area contributed by atoms with Gasteiger partial charge >= 0.3 is 0 Å². The van der Waals surface area contributed by atoms with E-state index in [1.807, 2.05) is 97.1 Å². The summed E-state index contributed by atoms with van der Waals surface area (Å²) in [5.74, 6) is 3.12. The van der Waals surface area contributed by atoms with Crippen LogP contribution in [0.3, 0.4) is 0 Å². The third-order valence-electron chi connectivity index (χ3n) is 10.9. The van der Waals surface area contributed by atoms with Crippen LogP contribution in [0.2, 0.25) is 0 Å². The molecule has 0 aliphatic rings. The van der Waals surface area contributed by atoms with Crippen molar-refractivity contribution in [3.05, 3.63) is 212 Å². The molecule has 288 valence electrons. The quantitative estimate of drug-likeness (QED) is 0.157. The van der Waals surface area contributed by atoms with Crippen LogP contribution in [-0.2, 0) is 0 Å². The van der Waals surface area contributed by atoms with E-state index < -0.39 is 0 Å². The highest BCUT2D eigenvalue weighted by Crippen LogP contribution is 2.38. The largest absolute Gasteiger partial charge is 0.323 e. The van der Waals surface area contributed by atoms with Crippen molar-refractivity contribution in [2.45, 2.75) is 0 Å². The average Bonchev–Trinajstić information content (AvgIpc) is 3.93. The molecule has 3 aromatic heterocycles. The Hall–Kier alpha value is -8.49. The summed E-state index contributed by atoms with van der Waals surface area (Å²) in [5, 5.41) is 15.7. The molecule has 0 spiro atoms. The highest BCUT2D eigenvalue weighted by atomic mass is 15.3. The number of nitrogens with one attached hydrogen (secondary N) is 1. The van der Waals surface area contributed by atoms with Gasteiger partial charge in [0.2, 0.25) is 5.95 Å². The van der Waals surface area contributed by atoms with Gasteiger partial charge in [-0.2, -0.15) is 9.97 Å². The molecule has 0 aliphatic carbocycles. The summed E-state index contributed by atoms with van der Waals surface area (Å²) < 4.78 is 4.48. The van der Waals surface area contributed by atoms with E-state index in [1.165, 1.54) is 5.39 Å². The number of hydrogen-bond donors (Lipinski definition) is 1. The predicted octanol–water partition coefficient (Wildman–Crippen LogP) is 12.6. The molecule has 0 unspecified atom stereocenters. The lowest BCUT2D eigenvalue weighted by Crippen LogP contribution is -2.04. The standard InChI is InChI=1S/C53H36N8/c1-5-18-36(19-6-1)49-55-50(37-20-7-2-8-21-37)57-53(56-49)54-46-30-15-13-28-43(46)38-22-17-23-39(34-38)51-58-59-52(61(51)42-26-11-4-12-27-42)40-32-33-48-45(35-40)44-29-14-16-31-47(44)60(48)41-24-9-3-10-25-41/h1-35H,(H,54,55,56,57). The van der Waals surface area contributed by atoms with Crippen LogP contribution in [0.4, 0.5) is 11.6 Å². The first-order valence-corrected chi connectivity index (χ1v) is 20.2. The van der Waals surface area contributed by atoms with E-state index in [9.17, 15) is 0 Å². The van der Waals surface area contributed by atoms with E-state index in [4.69, 9.17) is 25.1 Å². The molecule has 0 saturated heterocycles. The lowest BCUT2D eigenvalue weighted by atomic mass is 10.0. The second-order valence-electron chi connectivity index (χ2n) is 14.7. The number of fused-ring (bicyclic) bond motifs is 3. The first-order valence-electron chi connectivity index (χ1n) is 20.2. The van der Waals surface area contributed by atoms with Gasteiger partial charge in [0, 0.05) is 55.7 Å². The van der Waals surface area contributed by atoms with Crippen LogP contribution in [0.1, 0.15) is 0 Å². The van der Waals surface area contributed by atoms with Crippen molar-refractivity contribution in [2.75, 3.05) is 5.32 Å². The number of hydrogen-bond acceptors (Lipinski definition) is 6. The van der Waals surface area contributed by atoms with E-state index in [-0.39, 0.29) is 0 Å². The fourth-order valence-electron chi connectivity index (χ4n) is 8.10. The minimum atomic E-state index is 0.452. The van der Waals surface area contributed by atoms with Gasteiger partial charge in [-0.05, 0) is 66.2 Å². The Bertz CT molecular complexity index is 3270. The second kappa shape index (κ2) is 15.4. The molecule has 0 aliphatic heterocycles. The summed E-state index contributed by atoms with van der Waals surface area (Å²) in [7, 11) is 0. The maximum Gasteiger partial charge on any atom is 0.231 e. The van der Waals surface area contributed by atoms with Gasteiger partial charge < -0.3 is 9.88 Å². The molecule has 11 aromatic rings. The molecule has 8 nitrogen and oxygen atoms in total. The Labute approximate surface area is 352 Å². The third-order valence-corrected chi connectivity index (χ3v) is 10.9. The van der Waals surface area contributed by atoms with Gasteiger partial charge in [0.05, 0.1) is 11.0 Å². The van der Waals surface area contributed by atoms with E-state index in [1.54, 1.807) is 0 Å². The summed E-state index contributed by atoms with van der Waals surface area (Å²) in [6.07, 6.45) is 0. The van der Waals surface area contributed by atoms with Gasteiger partial charge in [-0.15, -0.1) is 10.2 Å². The van der Waals surface area contributed by atoms with Crippen molar-refractivity contribution in [1.29, 1.82) is 0 Å². The summed E-state index contributed by atoms with van der Waals surface area (Å²) in [5.41, 5.74) is 10.9. The van der Waals surface area contributed by atoms with Gasteiger partial charge in [-0.3, -0.25) is 4.57 Å². The van der Waals surface area contributed by atoms with Crippen LogP contribution < -0.4 is 5.32 Å². The molecule has 0 bridgehead atoms. The monoisotopic (exact) mass is 784 g/mol. The summed E-state index contributed by atoms with van der Waals surface area (Å²) in [4.78, 5) is 14.7. The molecule has 0 radical (unpaired) electrons. The summed E-state index contributed by atoms with van der Waals surface area (Å²) in [6, 6.07) is 72.6. The number of aromatic nitrogens is 7. The SMILES string of the molecule is c1ccc(-c2nc(Nc3ccccc3-c3cccc(-c4nnc(-c5ccc6c(c5)c5ccccc5n6-c5ccccc5)n4-c4ccccc4)c3)nc(-c3ccccc3)n2)cc1. The fourth-order valence-corrected chi connectivity index (χ4v) is 8.10. The number of anilines is 2. The van der Waals surface area contributed by atoms with Crippen molar-refractivity contribution in [2.24, 2.45) is 0 Å². The summed E-state index contributed by atoms with van der Waals surface area (Å²) >= 11 is 0. The Morgan fingerprint density at radius 2 is 0.852 bits per heavy atom. The maximum atomic E-state index is 4.90.